The van der Waals surface area contributed by atoms with Gasteiger partial charge in [0.2, 0.25) is 5.91 Å². The van der Waals surface area contributed by atoms with Crippen LogP contribution in [0.15, 0.2) is 90.1 Å². The van der Waals surface area contributed by atoms with Crippen LogP contribution in [0.1, 0.15) is 38.1 Å². The average Bonchev–Trinajstić information content (AvgIpc) is 3.33. The smallest absolute Gasteiger partial charge is 0.234 e. The third kappa shape index (κ3) is 5.23. The second-order valence-electron chi connectivity index (χ2n) is 8.61. The Kier molecular flexibility index (Phi) is 7.05. The van der Waals surface area contributed by atoms with Gasteiger partial charge in [-0.05, 0) is 36.1 Å². The zero-order chi connectivity index (χ0) is 23.2. The van der Waals surface area contributed by atoms with E-state index in [1.165, 1.54) is 42.2 Å². The third-order valence-electron chi connectivity index (χ3n) is 6.24. The highest BCUT2D eigenvalue weighted by Gasteiger charge is 2.24. The molecular weight excluding hydrogens is 440 g/mol. The van der Waals surface area contributed by atoms with Crippen molar-refractivity contribution in [1.82, 2.24) is 14.8 Å². The quantitative estimate of drug-likeness (QED) is 0.301. The molecule has 0 saturated heterocycles. The van der Waals surface area contributed by atoms with Gasteiger partial charge in [-0.1, -0.05) is 104 Å². The van der Waals surface area contributed by atoms with E-state index >= 15 is 0 Å². The lowest BCUT2D eigenvalue weighted by Gasteiger charge is -2.25. The predicted octanol–water partition coefficient (Wildman–Crippen LogP) is 6.85. The molecule has 0 bridgehead atoms. The summed E-state index contributed by atoms with van der Waals surface area (Å²) < 4.78 is 2.27. The Labute approximate surface area is 204 Å². The van der Waals surface area contributed by atoms with E-state index < -0.39 is 0 Å². The molecule has 0 unspecified atom stereocenters. The van der Waals surface area contributed by atoms with Gasteiger partial charge in [0.25, 0.3) is 0 Å². The van der Waals surface area contributed by atoms with Crippen molar-refractivity contribution < 1.29 is 4.79 Å². The minimum absolute atomic E-state index is 0.0387. The number of anilines is 1. The molecule has 5 rings (SSSR count). The largest absolute Gasteiger partial charge is 0.325 e. The SMILES string of the molecule is O=C(CSc1nnc(-c2ccc(-c3ccccc3)cc2)n1C1CCCCC1)Nc1ccccc1. The molecule has 34 heavy (non-hydrogen) atoms. The summed E-state index contributed by atoms with van der Waals surface area (Å²) in [6.07, 6.45) is 5.96. The van der Waals surface area contributed by atoms with Gasteiger partial charge in [-0.25, -0.2) is 0 Å². The number of carbonyl (C=O) groups is 1. The maximum atomic E-state index is 12.5. The number of nitrogens with zero attached hydrogens (tertiary/aromatic N) is 3. The van der Waals surface area contributed by atoms with Gasteiger partial charge in [-0.2, -0.15) is 0 Å². The zero-order valence-electron chi connectivity index (χ0n) is 19.1. The fourth-order valence-corrected chi connectivity index (χ4v) is 5.34. The first-order valence-corrected chi connectivity index (χ1v) is 12.8. The number of para-hydroxylation sites is 1. The van der Waals surface area contributed by atoms with Crippen LogP contribution in [0.25, 0.3) is 22.5 Å². The summed E-state index contributed by atoms with van der Waals surface area (Å²) in [6.45, 7) is 0. The maximum Gasteiger partial charge on any atom is 0.234 e. The lowest BCUT2D eigenvalue weighted by atomic mass is 9.95. The van der Waals surface area contributed by atoms with Crippen LogP contribution in [0, 0.1) is 0 Å². The summed E-state index contributed by atoms with van der Waals surface area (Å²) >= 11 is 1.46. The Morgan fingerprint density at radius 2 is 1.41 bits per heavy atom. The molecule has 1 saturated carbocycles. The van der Waals surface area contributed by atoms with Crippen LogP contribution >= 0.6 is 11.8 Å². The van der Waals surface area contributed by atoms with Gasteiger partial charge in [0.15, 0.2) is 11.0 Å². The molecule has 4 aromatic rings. The monoisotopic (exact) mass is 468 g/mol. The molecule has 3 aromatic carbocycles. The van der Waals surface area contributed by atoms with Crippen molar-refractivity contribution in [2.45, 2.75) is 43.3 Å². The first kappa shape index (κ1) is 22.4. The van der Waals surface area contributed by atoms with Gasteiger partial charge in [0.1, 0.15) is 0 Å². The summed E-state index contributed by atoms with van der Waals surface area (Å²) in [5.74, 6) is 1.15. The van der Waals surface area contributed by atoms with Crippen LogP contribution < -0.4 is 5.32 Å². The van der Waals surface area contributed by atoms with Crippen LogP contribution in [0.5, 0.6) is 0 Å². The standard InChI is InChI=1S/C28H28N4OS/c33-26(29-24-12-6-2-7-13-24)20-34-28-31-30-27(32(28)25-14-8-3-9-15-25)23-18-16-22(17-19-23)21-10-4-1-5-11-21/h1-2,4-7,10-13,16-19,25H,3,8-9,14-15,20H2,(H,29,33). The van der Waals surface area contributed by atoms with Crippen molar-refractivity contribution in [2.24, 2.45) is 0 Å². The fourth-order valence-electron chi connectivity index (χ4n) is 4.53. The number of hydrogen-bond acceptors (Lipinski definition) is 4. The third-order valence-corrected chi connectivity index (χ3v) is 7.19. The molecule has 1 amide bonds. The van der Waals surface area contributed by atoms with Gasteiger partial charge in [-0.15, -0.1) is 10.2 Å². The highest BCUT2D eigenvalue weighted by molar-refractivity contribution is 7.99. The Bertz CT molecular complexity index is 1220. The Morgan fingerprint density at radius 3 is 2.12 bits per heavy atom. The fraction of sp³-hybridized carbons (Fsp3) is 0.250. The molecule has 172 valence electrons. The van der Waals surface area contributed by atoms with Crippen LogP contribution in [0.2, 0.25) is 0 Å². The molecule has 0 spiro atoms. The molecule has 1 fully saturated rings. The van der Waals surface area contributed by atoms with E-state index in [2.05, 4.69) is 68.6 Å². The molecule has 5 nitrogen and oxygen atoms in total. The Morgan fingerprint density at radius 1 is 0.794 bits per heavy atom. The normalized spacial score (nSPS) is 14.1. The minimum Gasteiger partial charge on any atom is -0.325 e. The second-order valence-corrected chi connectivity index (χ2v) is 9.56. The van der Waals surface area contributed by atoms with Crippen molar-refractivity contribution in [2.75, 3.05) is 11.1 Å². The van der Waals surface area contributed by atoms with Crippen LogP contribution in [-0.4, -0.2) is 26.4 Å². The van der Waals surface area contributed by atoms with Crippen molar-refractivity contribution in [3.63, 3.8) is 0 Å². The van der Waals surface area contributed by atoms with Crippen LogP contribution in [-0.2, 0) is 4.79 Å². The van der Waals surface area contributed by atoms with Crippen molar-refractivity contribution in [3.8, 4) is 22.5 Å². The number of thioether (sulfide) groups is 1. The number of rotatable bonds is 7. The number of carbonyl (C=O) groups excluding carboxylic acids is 1. The van der Waals surface area contributed by atoms with Gasteiger partial charge in [0.05, 0.1) is 5.75 Å². The Balaban J connectivity index is 1.37. The Hall–Kier alpha value is -3.38. The predicted molar refractivity (Wildman–Crippen MR) is 139 cm³/mol. The number of benzene rings is 3. The van der Waals surface area contributed by atoms with E-state index in [0.29, 0.717) is 11.8 Å². The van der Waals surface area contributed by atoms with Gasteiger partial charge >= 0.3 is 0 Å². The number of hydrogen-bond donors (Lipinski definition) is 1. The summed E-state index contributed by atoms with van der Waals surface area (Å²) in [5, 5.41) is 12.9. The number of nitrogens with one attached hydrogen (secondary N) is 1. The van der Waals surface area contributed by atoms with E-state index in [-0.39, 0.29) is 5.91 Å². The summed E-state index contributed by atoms with van der Waals surface area (Å²) in [6, 6.07) is 28.8. The average molecular weight is 469 g/mol. The molecular formula is C28H28N4OS. The van der Waals surface area contributed by atoms with Crippen LogP contribution in [0.4, 0.5) is 5.69 Å². The summed E-state index contributed by atoms with van der Waals surface area (Å²) in [4.78, 5) is 12.5. The summed E-state index contributed by atoms with van der Waals surface area (Å²) in [7, 11) is 0. The maximum absolute atomic E-state index is 12.5. The molecule has 1 aliphatic rings. The van der Waals surface area contributed by atoms with E-state index in [9.17, 15) is 4.79 Å². The highest BCUT2D eigenvalue weighted by Crippen LogP contribution is 2.36. The number of amides is 1. The first-order valence-electron chi connectivity index (χ1n) is 11.9. The van der Waals surface area contributed by atoms with E-state index in [1.54, 1.807) is 0 Å². The van der Waals surface area contributed by atoms with Crippen molar-refractivity contribution in [3.05, 3.63) is 84.9 Å². The van der Waals surface area contributed by atoms with E-state index in [1.807, 2.05) is 36.4 Å². The molecule has 0 atom stereocenters. The molecule has 1 N–H and O–H groups in total. The first-order chi connectivity index (χ1) is 16.8. The highest BCUT2D eigenvalue weighted by atomic mass is 32.2. The van der Waals surface area contributed by atoms with Crippen molar-refractivity contribution >= 4 is 23.4 Å². The lowest BCUT2D eigenvalue weighted by molar-refractivity contribution is -0.113. The summed E-state index contributed by atoms with van der Waals surface area (Å²) in [5.41, 5.74) is 4.24. The molecule has 1 heterocycles. The molecule has 6 heteroatoms. The molecule has 1 aromatic heterocycles. The van der Waals surface area contributed by atoms with E-state index in [0.717, 1.165) is 35.1 Å². The lowest BCUT2D eigenvalue weighted by Crippen LogP contribution is -2.17. The van der Waals surface area contributed by atoms with Crippen LogP contribution in [0.3, 0.4) is 0 Å². The second kappa shape index (κ2) is 10.7. The molecule has 1 aliphatic carbocycles. The topological polar surface area (TPSA) is 59.8 Å². The zero-order valence-corrected chi connectivity index (χ0v) is 19.9. The van der Waals surface area contributed by atoms with Crippen molar-refractivity contribution in [1.29, 1.82) is 0 Å². The molecule has 0 radical (unpaired) electrons. The van der Waals surface area contributed by atoms with E-state index in [4.69, 9.17) is 0 Å². The minimum atomic E-state index is -0.0387. The molecule has 0 aliphatic heterocycles. The van der Waals surface area contributed by atoms with Gasteiger partial charge in [-0.3, -0.25) is 9.36 Å². The number of aromatic nitrogens is 3. The van der Waals surface area contributed by atoms with Gasteiger partial charge in [0, 0.05) is 17.3 Å². The van der Waals surface area contributed by atoms with Gasteiger partial charge < -0.3 is 5.32 Å².